The number of carbonyl (C=O) groups excluding carboxylic acids is 1. The molecule has 0 radical (unpaired) electrons. The van der Waals surface area contributed by atoms with Crippen molar-refractivity contribution in [1.29, 1.82) is 0 Å². The number of ether oxygens (including phenoxy) is 1. The third-order valence-electron chi connectivity index (χ3n) is 2.61. The van der Waals surface area contributed by atoms with Gasteiger partial charge in [0.15, 0.2) is 0 Å². The van der Waals surface area contributed by atoms with Crippen LogP contribution in [0.2, 0.25) is 0 Å². The fourth-order valence-electron chi connectivity index (χ4n) is 1.38. The van der Waals surface area contributed by atoms with Crippen LogP contribution in [0.3, 0.4) is 0 Å². The predicted octanol–water partition coefficient (Wildman–Crippen LogP) is 1.82. The number of aromatic hydroxyl groups is 1. The monoisotopic (exact) mass is 237 g/mol. The average Bonchev–Trinajstić information content (AvgIpc) is 2.27. The van der Waals surface area contributed by atoms with Gasteiger partial charge in [0, 0.05) is 19.2 Å². The summed E-state index contributed by atoms with van der Waals surface area (Å²) < 4.78 is 5.17. The maximum Gasteiger partial charge on any atom is 0.223 e. The van der Waals surface area contributed by atoms with Crippen molar-refractivity contribution in [2.75, 3.05) is 7.11 Å². The van der Waals surface area contributed by atoms with Gasteiger partial charge in [0.05, 0.1) is 12.0 Å². The van der Waals surface area contributed by atoms with E-state index in [4.69, 9.17) is 4.74 Å². The largest absolute Gasteiger partial charge is 0.508 e. The molecule has 4 heteroatoms. The third kappa shape index (κ3) is 4.44. The predicted molar refractivity (Wildman–Crippen MR) is 65.7 cm³/mol. The average molecular weight is 237 g/mol. The molecule has 0 heterocycles. The topological polar surface area (TPSA) is 58.6 Å². The normalized spacial score (nSPS) is 11.2. The summed E-state index contributed by atoms with van der Waals surface area (Å²) in [5, 5.41) is 12.3. The van der Waals surface area contributed by atoms with Gasteiger partial charge in [0.1, 0.15) is 5.75 Å². The molecule has 0 bridgehead atoms. The van der Waals surface area contributed by atoms with Gasteiger partial charge in [0.2, 0.25) is 5.91 Å². The van der Waals surface area contributed by atoms with Crippen molar-refractivity contribution in [3.8, 4) is 5.75 Å². The molecule has 1 amide bonds. The van der Waals surface area contributed by atoms with Gasteiger partial charge in [-0.2, -0.15) is 0 Å². The van der Waals surface area contributed by atoms with Crippen LogP contribution in [-0.4, -0.2) is 23.7 Å². The van der Waals surface area contributed by atoms with Crippen LogP contribution in [0.15, 0.2) is 24.3 Å². The maximum absolute atomic E-state index is 11.6. The number of hydrogen-bond donors (Lipinski definition) is 2. The minimum Gasteiger partial charge on any atom is -0.508 e. The van der Waals surface area contributed by atoms with Crippen LogP contribution in [0.4, 0.5) is 0 Å². The van der Waals surface area contributed by atoms with E-state index in [9.17, 15) is 9.90 Å². The van der Waals surface area contributed by atoms with E-state index < -0.39 is 5.60 Å². The molecule has 94 valence electrons. The summed E-state index contributed by atoms with van der Waals surface area (Å²) in [5.41, 5.74) is 0.235. The summed E-state index contributed by atoms with van der Waals surface area (Å²) in [6.45, 7) is 4.03. The van der Waals surface area contributed by atoms with Gasteiger partial charge in [-0.1, -0.05) is 18.2 Å². The molecular formula is C13H19NO3. The van der Waals surface area contributed by atoms with E-state index in [1.54, 1.807) is 25.3 Å². The summed E-state index contributed by atoms with van der Waals surface area (Å²) in [6, 6.07) is 6.94. The summed E-state index contributed by atoms with van der Waals surface area (Å²) in [5.74, 6) is 0.0962. The first kappa shape index (κ1) is 13.5. The number of benzene rings is 1. The van der Waals surface area contributed by atoms with Crippen LogP contribution in [0.25, 0.3) is 0 Å². The van der Waals surface area contributed by atoms with Gasteiger partial charge in [-0.3, -0.25) is 4.79 Å². The van der Waals surface area contributed by atoms with Crippen molar-refractivity contribution in [1.82, 2.24) is 5.32 Å². The molecule has 0 fully saturated rings. The van der Waals surface area contributed by atoms with Crippen LogP contribution < -0.4 is 5.32 Å². The van der Waals surface area contributed by atoms with Gasteiger partial charge >= 0.3 is 0 Å². The lowest BCUT2D eigenvalue weighted by Crippen LogP contribution is -2.33. The summed E-state index contributed by atoms with van der Waals surface area (Å²) in [7, 11) is 1.58. The second-order valence-electron chi connectivity index (χ2n) is 4.55. The Labute approximate surface area is 102 Å². The Morgan fingerprint density at radius 2 is 2.06 bits per heavy atom. The van der Waals surface area contributed by atoms with Crippen molar-refractivity contribution in [3.05, 3.63) is 29.8 Å². The maximum atomic E-state index is 11.6. The van der Waals surface area contributed by atoms with Crippen molar-refractivity contribution >= 4 is 5.91 Å². The van der Waals surface area contributed by atoms with Gasteiger partial charge in [0.25, 0.3) is 0 Å². The number of rotatable bonds is 5. The highest BCUT2D eigenvalue weighted by Gasteiger charge is 2.20. The first-order chi connectivity index (χ1) is 7.94. The molecule has 0 atom stereocenters. The molecule has 0 aromatic heterocycles. The van der Waals surface area contributed by atoms with E-state index in [2.05, 4.69) is 5.32 Å². The highest BCUT2D eigenvalue weighted by molar-refractivity contribution is 5.77. The number of para-hydroxylation sites is 1. The van der Waals surface area contributed by atoms with Gasteiger partial charge < -0.3 is 15.2 Å². The zero-order chi connectivity index (χ0) is 12.9. The standard InChI is InChI=1S/C13H19NO3/c1-13(2,17-3)8-12(16)14-9-10-6-4-5-7-11(10)15/h4-7,15H,8-9H2,1-3H3,(H,14,16). The molecule has 1 rings (SSSR count). The van der Waals surface area contributed by atoms with Crippen LogP contribution >= 0.6 is 0 Å². The Balaban J connectivity index is 2.47. The van der Waals surface area contributed by atoms with Crippen molar-refractivity contribution in [3.63, 3.8) is 0 Å². The Morgan fingerprint density at radius 1 is 1.41 bits per heavy atom. The molecule has 0 saturated heterocycles. The lowest BCUT2D eigenvalue weighted by atomic mass is 10.0. The molecule has 4 nitrogen and oxygen atoms in total. The Hall–Kier alpha value is -1.55. The van der Waals surface area contributed by atoms with Gasteiger partial charge in [-0.05, 0) is 19.9 Å². The van der Waals surface area contributed by atoms with Gasteiger partial charge in [-0.25, -0.2) is 0 Å². The zero-order valence-electron chi connectivity index (χ0n) is 10.5. The minimum absolute atomic E-state index is 0.0971. The van der Waals surface area contributed by atoms with Crippen molar-refractivity contribution in [2.24, 2.45) is 0 Å². The molecular weight excluding hydrogens is 218 g/mol. The quantitative estimate of drug-likeness (QED) is 0.821. The number of hydrogen-bond acceptors (Lipinski definition) is 3. The van der Waals surface area contributed by atoms with E-state index in [0.29, 0.717) is 12.1 Å². The molecule has 0 saturated carbocycles. The van der Waals surface area contributed by atoms with Crippen LogP contribution in [0.5, 0.6) is 5.75 Å². The van der Waals surface area contributed by atoms with Crippen LogP contribution in [0, 0.1) is 0 Å². The molecule has 1 aromatic carbocycles. The number of phenolic OH excluding ortho intramolecular Hbond substituents is 1. The third-order valence-corrected chi connectivity index (χ3v) is 2.61. The molecule has 0 spiro atoms. The Kier molecular flexibility index (Phi) is 4.52. The van der Waals surface area contributed by atoms with Crippen LogP contribution in [0.1, 0.15) is 25.8 Å². The number of carbonyl (C=O) groups is 1. The molecule has 0 aliphatic heterocycles. The van der Waals surface area contributed by atoms with E-state index in [1.165, 1.54) is 0 Å². The summed E-state index contributed by atoms with van der Waals surface area (Å²) >= 11 is 0. The fraction of sp³-hybridized carbons (Fsp3) is 0.462. The number of amides is 1. The SMILES string of the molecule is COC(C)(C)CC(=O)NCc1ccccc1O. The van der Waals surface area contributed by atoms with Crippen LogP contribution in [-0.2, 0) is 16.1 Å². The first-order valence-electron chi connectivity index (χ1n) is 5.53. The molecule has 0 aliphatic carbocycles. The van der Waals surface area contributed by atoms with E-state index in [1.807, 2.05) is 19.9 Å². The summed E-state index contributed by atoms with van der Waals surface area (Å²) in [4.78, 5) is 11.6. The fourth-order valence-corrected chi connectivity index (χ4v) is 1.38. The van der Waals surface area contributed by atoms with E-state index in [-0.39, 0.29) is 18.1 Å². The molecule has 17 heavy (non-hydrogen) atoms. The second kappa shape index (κ2) is 5.68. The minimum atomic E-state index is -0.469. The lowest BCUT2D eigenvalue weighted by Gasteiger charge is -2.21. The molecule has 2 N–H and O–H groups in total. The number of phenols is 1. The highest BCUT2D eigenvalue weighted by Crippen LogP contribution is 2.16. The van der Waals surface area contributed by atoms with Crippen molar-refractivity contribution in [2.45, 2.75) is 32.4 Å². The second-order valence-corrected chi connectivity index (χ2v) is 4.55. The van der Waals surface area contributed by atoms with Gasteiger partial charge in [-0.15, -0.1) is 0 Å². The highest BCUT2D eigenvalue weighted by atomic mass is 16.5. The number of nitrogens with one attached hydrogen (secondary N) is 1. The Bertz CT molecular complexity index is 388. The first-order valence-corrected chi connectivity index (χ1v) is 5.53. The Morgan fingerprint density at radius 3 is 2.65 bits per heavy atom. The van der Waals surface area contributed by atoms with Crippen molar-refractivity contribution < 1.29 is 14.6 Å². The lowest BCUT2D eigenvalue weighted by molar-refractivity contribution is -0.126. The van der Waals surface area contributed by atoms with E-state index in [0.717, 1.165) is 0 Å². The zero-order valence-corrected chi connectivity index (χ0v) is 10.5. The smallest absolute Gasteiger partial charge is 0.223 e. The molecule has 0 aliphatic rings. The summed E-state index contributed by atoms with van der Waals surface area (Å²) in [6.07, 6.45) is 0.289. The van der Waals surface area contributed by atoms with E-state index >= 15 is 0 Å². The molecule has 0 unspecified atom stereocenters. The number of methoxy groups -OCH3 is 1. The molecule has 1 aromatic rings.